The molecule has 216 valence electrons. The van der Waals surface area contributed by atoms with Gasteiger partial charge in [0.15, 0.2) is 0 Å². The van der Waals surface area contributed by atoms with Crippen molar-refractivity contribution < 1.29 is 13.2 Å². The van der Waals surface area contributed by atoms with Gasteiger partial charge in [0.2, 0.25) is 10.0 Å². The first-order chi connectivity index (χ1) is 20.4. The topological polar surface area (TPSA) is 110 Å². The molecule has 1 aliphatic rings. The fourth-order valence-corrected chi connectivity index (χ4v) is 6.57. The Morgan fingerprint density at radius 3 is 2.26 bits per heavy atom. The summed E-state index contributed by atoms with van der Waals surface area (Å²) >= 11 is 0. The molecule has 3 N–H and O–H groups in total. The molecule has 1 saturated heterocycles. The largest absolute Gasteiger partial charge is 0.457 e. The second-order valence-electron chi connectivity index (χ2n) is 10.2. The van der Waals surface area contributed by atoms with Crippen molar-refractivity contribution in [1.29, 1.82) is 0 Å². The van der Waals surface area contributed by atoms with E-state index in [1.165, 1.54) is 12.4 Å². The highest BCUT2D eigenvalue weighted by atomic mass is 32.2. The van der Waals surface area contributed by atoms with E-state index in [9.17, 15) is 8.42 Å². The molecule has 0 aliphatic carbocycles. The van der Waals surface area contributed by atoms with Gasteiger partial charge in [-0.2, -0.15) is 0 Å². The molecular weight excluding hydrogens is 546 g/mol. The Bertz CT molecular complexity index is 1600. The van der Waals surface area contributed by atoms with Crippen LogP contribution in [-0.4, -0.2) is 47.6 Å². The van der Waals surface area contributed by atoms with Crippen molar-refractivity contribution in [2.24, 2.45) is 5.92 Å². The van der Waals surface area contributed by atoms with Gasteiger partial charge in [0, 0.05) is 19.6 Å². The van der Waals surface area contributed by atoms with Crippen LogP contribution in [-0.2, 0) is 10.0 Å². The molecule has 1 aliphatic heterocycles. The predicted octanol–water partition coefficient (Wildman–Crippen LogP) is 6.24. The van der Waals surface area contributed by atoms with Gasteiger partial charge in [-0.3, -0.25) is 0 Å². The fraction of sp³-hybridized carbons (Fsp3) is 0.212. The third-order valence-corrected chi connectivity index (χ3v) is 9.47. The van der Waals surface area contributed by atoms with Gasteiger partial charge in [0.1, 0.15) is 34.7 Å². The van der Waals surface area contributed by atoms with Crippen LogP contribution in [0.4, 0.5) is 11.6 Å². The minimum absolute atomic E-state index is 0.282. The van der Waals surface area contributed by atoms with E-state index in [1.54, 1.807) is 10.4 Å². The van der Waals surface area contributed by atoms with Crippen molar-refractivity contribution in [3.8, 4) is 22.6 Å². The number of nitrogens with zero attached hydrogens (tertiary/aromatic N) is 3. The van der Waals surface area contributed by atoms with Gasteiger partial charge in [-0.1, -0.05) is 78.9 Å². The van der Waals surface area contributed by atoms with Crippen molar-refractivity contribution in [2.45, 2.75) is 18.1 Å². The number of sulfonamides is 1. The van der Waals surface area contributed by atoms with Crippen molar-refractivity contribution in [1.82, 2.24) is 14.3 Å². The van der Waals surface area contributed by atoms with E-state index in [0.29, 0.717) is 37.0 Å². The summed E-state index contributed by atoms with van der Waals surface area (Å²) in [6, 6.07) is 26.9. The molecule has 5 rings (SSSR count). The van der Waals surface area contributed by atoms with Gasteiger partial charge in [-0.05, 0) is 54.2 Å². The molecule has 0 amide bonds. The van der Waals surface area contributed by atoms with Gasteiger partial charge in [0.25, 0.3) is 0 Å². The monoisotopic (exact) mass is 581 g/mol. The van der Waals surface area contributed by atoms with Crippen LogP contribution in [0.5, 0.6) is 11.5 Å². The predicted molar refractivity (Wildman–Crippen MR) is 170 cm³/mol. The SMILES string of the molecule is C=CC(C=Cc1ccccc1)S(=O)(=O)N1CCC(CNc2ncnc(N)c2-c2ccc(Oc3ccccc3)cc2)CC1. The van der Waals surface area contributed by atoms with E-state index < -0.39 is 15.3 Å². The molecule has 1 fully saturated rings. The maximum Gasteiger partial charge on any atom is 0.224 e. The zero-order valence-corrected chi connectivity index (χ0v) is 24.2. The average Bonchev–Trinajstić information content (AvgIpc) is 3.02. The van der Waals surface area contributed by atoms with Gasteiger partial charge in [0.05, 0.1) is 5.56 Å². The summed E-state index contributed by atoms with van der Waals surface area (Å²) in [6.45, 7) is 5.34. The Hall–Kier alpha value is -4.47. The molecule has 2 heterocycles. The first-order valence-corrected chi connectivity index (χ1v) is 15.5. The smallest absolute Gasteiger partial charge is 0.224 e. The zero-order valence-electron chi connectivity index (χ0n) is 23.3. The van der Waals surface area contributed by atoms with E-state index in [0.717, 1.165) is 35.3 Å². The summed E-state index contributed by atoms with van der Waals surface area (Å²) < 4.78 is 34.2. The molecule has 4 aromatic rings. The lowest BCUT2D eigenvalue weighted by molar-refractivity contribution is 0.281. The van der Waals surface area contributed by atoms with Crippen LogP contribution in [0, 0.1) is 5.92 Å². The number of nitrogens with two attached hydrogens (primary N) is 1. The number of aromatic nitrogens is 2. The Kier molecular flexibility index (Phi) is 9.31. The number of rotatable bonds is 11. The van der Waals surface area contributed by atoms with Crippen molar-refractivity contribution >= 4 is 27.7 Å². The van der Waals surface area contributed by atoms with E-state index in [-0.39, 0.29) is 5.92 Å². The fourth-order valence-electron chi connectivity index (χ4n) is 4.98. The molecule has 0 bridgehead atoms. The van der Waals surface area contributed by atoms with Crippen LogP contribution in [0.3, 0.4) is 0 Å². The Morgan fingerprint density at radius 2 is 1.60 bits per heavy atom. The lowest BCUT2D eigenvalue weighted by Crippen LogP contribution is -2.43. The second-order valence-corrected chi connectivity index (χ2v) is 12.3. The standard InChI is InChI=1S/C33H35N5O3S/c1-2-30(18-13-25-9-5-3-6-10-25)42(39,40)38-21-19-26(20-22-38)23-35-33-31(32(34)36-24-37-33)27-14-16-29(17-15-27)41-28-11-7-4-8-12-28/h2-18,24,26,30H,1,19-23H2,(H3,34,35,36,37). The molecule has 9 heteroatoms. The average molecular weight is 582 g/mol. The van der Waals surface area contributed by atoms with Crippen LogP contribution in [0.2, 0.25) is 0 Å². The summed E-state index contributed by atoms with van der Waals surface area (Å²) in [4.78, 5) is 8.67. The quantitative estimate of drug-likeness (QED) is 0.202. The highest BCUT2D eigenvalue weighted by Crippen LogP contribution is 2.33. The highest BCUT2D eigenvalue weighted by Gasteiger charge is 2.32. The molecule has 0 spiro atoms. The summed E-state index contributed by atoms with van der Waals surface area (Å²) in [5.41, 5.74) is 8.83. The molecule has 42 heavy (non-hydrogen) atoms. The number of hydrogen-bond acceptors (Lipinski definition) is 7. The Labute approximate surface area is 247 Å². The second kappa shape index (κ2) is 13.5. The number of benzene rings is 3. The zero-order chi connectivity index (χ0) is 29.4. The molecule has 0 radical (unpaired) electrons. The molecule has 1 unspecified atom stereocenters. The van der Waals surface area contributed by atoms with Gasteiger partial charge in [-0.15, -0.1) is 6.58 Å². The number of hydrogen-bond donors (Lipinski definition) is 2. The molecule has 0 saturated carbocycles. The molecule has 1 atom stereocenters. The lowest BCUT2D eigenvalue weighted by atomic mass is 9.98. The van der Waals surface area contributed by atoms with Crippen LogP contribution < -0.4 is 15.8 Å². The van der Waals surface area contributed by atoms with Gasteiger partial charge >= 0.3 is 0 Å². The molecule has 1 aromatic heterocycles. The summed E-state index contributed by atoms with van der Waals surface area (Å²) in [5.74, 6) is 2.78. The first-order valence-electron chi connectivity index (χ1n) is 14.0. The number of piperidine rings is 1. The third-order valence-electron chi connectivity index (χ3n) is 7.34. The number of ether oxygens (including phenoxy) is 1. The van der Waals surface area contributed by atoms with E-state index in [1.807, 2.05) is 91.0 Å². The van der Waals surface area contributed by atoms with E-state index >= 15 is 0 Å². The third kappa shape index (κ3) is 7.05. The maximum atomic E-state index is 13.3. The van der Waals surface area contributed by atoms with Gasteiger partial charge in [-0.25, -0.2) is 22.7 Å². The first kappa shape index (κ1) is 29.0. The van der Waals surface area contributed by atoms with Crippen molar-refractivity contribution in [3.63, 3.8) is 0 Å². The summed E-state index contributed by atoms with van der Waals surface area (Å²) in [7, 11) is -3.55. The molecule has 3 aromatic carbocycles. The maximum absolute atomic E-state index is 13.3. The number of anilines is 2. The van der Waals surface area contributed by atoms with Crippen molar-refractivity contribution in [2.75, 3.05) is 30.7 Å². The minimum Gasteiger partial charge on any atom is -0.457 e. The van der Waals surface area contributed by atoms with Crippen molar-refractivity contribution in [3.05, 3.63) is 116 Å². The van der Waals surface area contributed by atoms with E-state index in [4.69, 9.17) is 10.5 Å². The number of nitrogens with one attached hydrogen (secondary N) is 1. The van der Waals surface area contributed by atoms with Crippen LogP contribution >= 0.6 is 0 Å². The van der Waals surface area contributed by atoms with E-state index in [2.05, 4.69) is 21.9 Å². The highest BCUT2D eigenvalue weighted by molar-refractivity contribution is 7.90. The minimum atomic E-state index is -3.55. The lowest BCUT2D eigenvalue weighted by Gasteiger charge is -2.32. The van der Waals surface area contributed by atoms with Crippen LogP contribution in [0.15, 0.2) is 110 Å². The summed E-state index contributed by atoms with van der Waals surface area (Å²) in [5, 5.41) is 2.67. The Balaban J connectivity index is 1.19. The number of para-hydroxylation sites is 1. The van der Waals surface area contributed by atoms with Crippen LogP contribution in [0.1, 0.15) is 18.4 Å². The summed E-state index contributed by atoms with van der Waals surface area (Å²) in [6.07, 6.45) is 7.94. The van der Waals surface area contributed by atoms with Crippen LogP contribution in [0.25, 0.3) is 17.2 Å². The number of nitrogen functional groups attached to an aromatic ring is 1. The molecular formula is C33H35N5O3S. The normalized spacial score (nSPS) is 15.3. The van der Waals surface area contributed by atoms with Gasteiger partial charge < -0.3 is 15.8 Å². The Morgan fingerprint density at radius 1 is 0.952 bits per heavy atom. The molecule has 8 nitrogen and oxygen atoms in total.